The minimum atomic E-state index is -0.0695. The van der Waals surface area contributed by atoms with Crippen LogP contribution in [0.5, 0.6) is 0 Å². The minimum Gasteiger partial charge on any atom is -0.350 e. The van der Waals surface area contributed by atoms with Gasteiger partial charge in [0.1, 0.15) is 17.0 Å². The lowest BCUT2D eigenvalue weighted by atomic mass is 9.49. The number of imidazole rings is 1. The quantitative estimate of drug-likeness (QED) is 0.713. The number of carbonyl (C=O) groups excluding carboxylic acids is 2. The van der Waals surface area contributed by atoms with Crippen molar-refractivity contribution >= 4 is 17.5 Å². The number of fused-ring (bicyclic) bond motifs is 1. The van der Waals surface area contributed by atoms with Gasteiger partial charge in [-0.15, -0.1) is 0 Å². The van der Waals surface area contributed by atoms with Crippen LogP contribution in [0.4, 0.5) is 0 Å². The molecule has 0 radical (unpaired) electrons. The number of nitrogens with one attached hydrogen (secondary N) is 2. The van der Waals surface area contributed by atoms with Gasteiger partial charge in [-0.2, -0.15) is 0 Å². The second-order valence-corrected chi connectivity index (χ2v) is 11.9. The van der Waals surface area contributed by atoms with E-state index < -0.39 is 0 Å². The zero-order chi connectivity index (χ0) is 23.4. The molecule has 4 bridgehead atoms. The van der Waals surface area contributed by atoms with E-state index in [-0.39, 0.29) is 17.9 Å². The number of piperazine rings is 1. The molecule has 7 heteroatoms. The summed E-state index contributed by atoms with van der Waals surface area (Å²) < 4.78 is 1.79. The molecule has 5 fully saturated rings. The number of hydrogen-bond acceptors (Lipinski definition) is 4. The fraction of sp³-hybridized carbons (Fsp3) is 0.667. The van der Waals surface area contributed by atoms with E-state index in [9.17, 15) is 9.59 Å². The third-order valence-electron chi connectivity index (χ3n) is 9.05. The summed E-state index contributed by atoms with van der Waals surface area (Å²) in [5.74, 6) is 2.85. The molecule has 5 aliphatic rings. The number of amides is 2. The summed E-state index contributed by atoms with van der Waals surface area (Å²) in [5, 5.41) is 6.67. The normalized spacial score (nSPS) is 32.5. The highest BCUT2D eigenvalue weighted by Gasteiger charge is 2.50. The molecule has 2 amide bonds. The van der Waals surface area contributed by atoms with Crippen molar-refractivity contribution in [3.8, 4) is 0 Å². The van der Waals surface area contributed by atoms with Gasteiger partial charge in [-0.25, -0.2) is 4.98 Å². The molecule has 4 aliphatic carbocycles. The Balaban J connectivity index is 1.20. The maximum absolute atomic E-state index is 13.4. The minimum absolute atomic E-state index is 0.0520. The number of aromatic nitrogens is 2. The van der Waals surface area contributed by atoms with Crippen molar-refractivity contribution in [3.63, 3.8) is 0 Å². The van der Waals surface area contributed by atoms with Crippen molar-refractivity contribution in [2.45, 2.75) is 58.4 Å². The molecule has 7 rings (SSSR count). The van der Waals surface area contributed by atoms with Crippen molar-refractivity contribution in [2.75, 3.05) is 26.2 Å². The molecule has 2 N–H and O–H groups in total. The average Bonchev–Trinajstić information content (AvgIpc) is 3.26. The van der Waals surface area contributed by atoms with Gasteiger partial charge in [0.15, 0.2) is 0 Å². The Morgan fingerprint density at radius 3 is 2.53 bits per heavy atom. The second-order valence-electron chi connectivity index (χ2n) is 11.9. The number of rotatable bonds is 5. The van der Waals surface area contributed by atoms with E-state index in [1.165, 1.54) is 38.5 Å². The summed E-state index contributed by atoms with van der Waals surface area (Å²) in [6.45, 7) is 7.33. The topological polar surface area (TPSA) is 78.7 Å². The van der Waals surface area contributed by atoms with E-state index in [0.717, 1.165) is 37.4 Å². The van der Waals surface area contributed by atoms with Crippen LogP contribution in [0.15, 0.2) is 24.4 Å². The molecule has 2 aromatic heterocycles. The van der Waals surface area contributed by atoms with Crippen LogP contribution < -0.4 is 10.6 Å². The number of nitrogens with zero attached hydrogens (tertiary/aromatic N) is 3. The SMILES string of the molecule is CC(C)[C@@H]1CNCCN1C(=O)c1cn2c(C(=O)NCC34CC5CC(CC(C5)C3)C4)cccc2n1. The first kappa shape index (κ1) is 22.1. The Morgan fingerprint density at radius 1 is 1.15 bits per heavy atom. The predicted molar refractivity (Wildman–Crippen MR) is 131 cm³/mol. The zero-order valence-corrected chi connectivity index (χ0v) is 20.4. The Morgan fingerprint density at radius 2 is 1.85 bits per heavy atom. The lowest BCUT2D eigenvalue weighted by Crippen LogP contribution is -2.55. The highest BCUT2D eigenvalue weighted by molar-refractivity contribution is 5.95. The van der Waals surface area contributed by atoms with Gasteiger partial charge in [-0.05, 0) is 79.7 Å². The molecule has 34 heavy (non-hydrogen) atoms. The van der Waals surface area contributed by atoms with Gasteiger partial charge >= 0.3 is 0 Å². The van der Waals surface area contributed by atoms with E-state index >= 15 is 0 Å². The van der Waals surface area contributed by atoms with Crippen molar-refractivity contribution in [2.24, 2.45) is 29.1 Å². The lowest BCUT2D eigenvalue weighted by molar-refractivity contribution is -0.0503. The monoisotopic (exact) mass is 463 g/mol. The third-order valence-corrected chi connectivity index (χ3v) is 9.05. The number of carbonyl (C=O) groups is 2. The molecule has 1 atom stereocenters. The van der Waals surface area contributed by atoms with E-state index in [1.54, 1.807) is 10.6 Å². The zero-order valence-electron chi connectivity index (χ0n) is 20.4. The maximum atomic E-state index is 13.4. The van der Waals surface area contributed by atoms with Gasteiger partial charge in [-0.1, -0.05) is 19.9 Å². The van der Waals surface area contributed by atoms with Crippen molar-refractivity contribution in [1.29, 1.82) is 0 Å². The largest absolute Gasteiger partial charge is 0.350 e. The van der Waals surface area contributed by atoms with Crippen LogP contribution in [0.3, 0.4) is 0 Å². The van der Waals surface area contributed by atoms with Crippen LogP contribution in [0.25, 0.3) is 5.65 Å². The van der Waals surface area contributed by atoms with Gasteiger partial charge in [0.05, 0.1) is 0 Å². The Labute approximate surface area is 201 Å². The highest BCUT2D eigenvalue weighted by Crippen LogP contribution is 2.59. The Kier molecular flexibility index (Phi) is 5.43. The molecule has 0 aromatic carbocycles. The first-order valence-electron chi connectivity index (χ1n) is 13.2. The molecule has 0 unspecified atom stereocenters. The molecule has 182 valence electrons. The van der Waals surface area contributed by atoms with Gasteiger partial charge in [-0.3, -0.25) is 14.0 Å². The first-order chi connectivity index (χ1) is 16.4. The van der Waals surface area contributed by atoms with E-state index in [4.69, 9.17) is 0 Å². The van der Waals surface area contributed by atoms with E-state index in [1.807, 2.05) is 23.1 Å². The molecule has 1 aliphatic heterocycles. The Hall–Kier alpha value is -2.41. The predicted octanol–water partition coefficient (Wildman–Crippen LogP) is 3.35. The van der Waals surface area contributed by atoms with Crippen LogP contribution in [0.2, 0.25) is 0 Å². The highest BCUT2D eigenvalue weighted by atomic mass is 16.2. The van der Waals surface area contributed by atoms with Crippen molar-refractivity contribution < 1.29 is 9.59 Å². The van der Waals surface area contributed by atoms with Gasteiger partial charge in [0, 0.05) is 38.4 Å². The standard InChI is InChI=1S/C27H37N5O2/c1-17(2)23-14-28-6-7-31(23)26(34)21-15-32-22(4-3-5-24(32)30-21)25(33)29-16-27-11-18-8-19(12-27)10-20(9-18)13-27/h3-5,15,17-20,23,28H,6-14,16H2,1-2H3,(H,29,33)/t18?,19?,20?,23-,27?/m0/s1. The van der Waals surface area contributed by atoms with E-state index in [0.29, 0.717) is 34.9 Å². The van der Waals surface area contributed by atoms with Gasteiger partial charge in [0.2, 0.25) is 0 Å². The van der Waals surface area contributed by atoms with Crippen molar-refractivity contribution in [1.82, 2.24) is 24.9 Å². The molecular weight excluding hydrogens is 426 g/mol. The van der Waals surface area contributed by atoms with Crippen LogP contribution in [0, 0.1) is 29.1 Å². The molecule has 1 saturated heterocycles. The average molecular weight is 464 g/mol. The van der Waals surface area contributed by atoms with Gasteiger partial charge in [0.25, 0.3) is 11.8 Å². The van der Waals surface area contributed by atoms with Crippen LogP contribution in [-0.4, -0.2) is 58.3 Å². The molecule has 3 heterocycles. The second kappa shape index (κ2) is 8.36. The molecule has 2 aromatic rings. The molecular formula is C27H37N5O2. The number of pyridine rings is 1. The fourth-order valence-corrected chi connectivity index (χ4v) is 7.88. The molecule has 0 spiro atoms. The van der Waals surface area contributed by atoms with E-state index in [2.05, 4.69) is 29.5 Å². The van der Waals surface area contributed by atoms with Gasteiger partial charge < -0.3 is 15.5 Å². The summed E-state index contributed by atoms with van der Waals surface area (Å²) in [5.41, 5.74) is 1.90. The fourth-order valence-electron chi connectivity index (χ4n) is 7.88. The molecule has 4 saturated carbocycles. The third kappa shape index (κ3) is 3.82. The first-order valence-corrected chi connectivity index (χ1v) is 13.2. The summed E-state index contributed by atoms with van der Waals surface area (Å²) in [6, 6.07) is 5.70. The summed E-state index contributed by atoms with van der Waals surface area (Å²) in [6.07, 6.45) is 9.78. The number of hydrogen-bond donors (Lipinski definition) is 2. The smallest absolute Gasteiger partial charge is 0.274 e. The summed E-state index contributed by atoms with van der Waals surface area (Å²) in [7, 11) is 0. The lowest BCUT2D eigenvalue weighted by Gasteiger charge is -2.56. The Bertz CT molecular complexity index is 1070. The van der Waals surface area contributed by atoms with Crippen LogP contribution in [0.1, 0.15) is 73.3 Å². The summed E-state index contributed by atoms with van der Waals surface area (Å²) in [4.78, 5) is 33.2. The van der Waals surface area contributed by atoms with Crippen LogP contribution in [-0.2, 0) is 0 Å². The van der Waals surface area contributed by atoms with Crippen molar-refractivity contribution in [3.05, 3.63) is 35.8 Å². The van der Waals surface area contributed by atoms with Crippen LogP contribution >= 0.6 is 0 Å². The summed E-state index contributed by atoms with van der Waals surface area (Å²) >= 11 is 0. The molecule has 7 nitrogen and oxygen atoms in total. The maximum Gasteiger partial charge on any atom is 0.274 e.